The Morgan fingerprint density at radius 2 is 1.88 bits per heavy atom. The second kappa shape index (κ2) is 4.17. The molecular formula is C12H9N3S. The Bertz CT molecular complexity index is 599. The zero-order valence-electron chi connectivity index (χ0n) is 8.40. The highest BCUT2D eigenvalue weighted by atomic mass is 32.1. The summed E-state index contributed by atoms with van der Waals surface area (Å²) in [7, 11) is 0. The second-order valence-electron chi connectivity index (χ2n) is 3.31. The number of nitriles is 1. The molecule has 16 heavy (non-hydrogen) atoms. The van der Waals surface area contributed by atoms with Crippen LogP contribution in [0.4, 0.5) is 5.69 Å². The third-order valence-corrected chi connectivity index (χ3v) is 2.40. The number of nitrogens with one attached hydrogen (secondary N) is 1. The van der Waals surface area contributed by atoms with Gasteiger partial charge in [-0.3, -0.25) is 0 Å². The Hall–Kier alpha value is -2.12. The molecule has 0 saturated heterocycles. The normalized spacial score (nSPS) is 9.69. The van der Waals surface area contributed by atoms with Crippen LogP contribution in [0.25, 0.3) is 10.8 Å². The summed E-state index contributed by atoms with van der Waals surface area (Å²) in [5.41, 5.74) is 6.91. The molecule has 0 atom stereocenters. The Morgan fingerprint density at radius 1 is 1.19 bits per heavy atom. The molecule has 4 heteroatoms. The molecule has 0 bridgehead atoms. The predicted octanol–water partition coefficient (Wildman–Crippen LogP) is 2.37. The van der Waals surface area contributed by atoms with E-state index in [4.69, 9.17) is 23.2 Å². The van der Waals surface area contributed by atoms with Gasteiger partial charge in [0.05, 0.1) is 11.6 Å². The fraction of sp³-hybridized carbons (Fsp3) is 0. The lowest BCUT2D eigenvalue weighted by Crippen LogP contribution is -2.19. The van der Waals surface area contributed by atoms with Gasteiger partial charge in [-0.1, -0.05) is 24.3 Å². The van der Waals surface area contributed by atoms with Crippen LogP contribution >= 0.6 is 12.2 Å². The van der Waals surface area contributed by atoms with Crippen LogP contribution in [0.2, 0.25) is 0 Å². The van der Waals surface area contributed by atoms with Gasteiger partial charge in [0.2, 0.25) is 0 Å². The number of nitrogens with zero attached hydrogens (tertiary/aromatic N) is 1. The number of benzene rings is 2. The third-order valence-electron chi connectivity index (χ3n) is 2.30. The van der Waals surface area contributed by atoms with Gasteiger partial charge in [-0.2, -0.15) is 5.26 Å². The molecule has 2 rings (SSSR count). The molecular weight excluding hydrogens is 218 g/mol. The molecule has 0 aliphatic rings. The smallest absolute Gasteiger partial charge is 0.168 e. The van der Waals surface area contributed by atoms with E-state index in [0.717, 1.165) is 16.5 Å². The van der Waals surface area contributed by atoms with Crippen molar-refractivity contribution in [2.24, 2.45) is 5.73 Å². The fourth-order valence-corrected chi connectivity index (χ4v) is 1.75. The van der Waals surface area contributed by atoms with Crippen molar-refractivity contribution in [1.82, 2.24) is 0 Å². The van der Waals surface area contributed by atoms with Gasteiger partial charge in [-0.25, -0.2) is 0 Å². The average molecular weight is 227 g/mol. The summed E-state index contributed by atoms with van der Waals surface area (Å²) in [6.45, 7) is 0. The monoisotopic (exact) mass is 227 g/mol. The first-order valence-corrected chi connectivity index (χ1v) is 5.11. The molecule has 0 heterocycles. The van der Waals surface area contributed by atoms with E-state index in [-0.39, 0.29) is 5.11 Å². The first-order chi connectivity index (χ1) is 7.72. The van der Waals surface area contributed by atoms with E-state index < -0.39 is 0 Å². The van der Waals surface area contributed by atoms with Crippen molar-refractivity contribution in [1.29, 1.82) is 5.26 Å². The maximum Gasteiger partial charge on any atom is 0.168 e. The van der Waals surface area contributed by atoms with Crippen molar-refractivity contribution >= 4 is 33.8 Å². The molecule has 0 saturated carbocycles. The topological polar surface area (TPSA) is 61.8 Å². The van der Waals surface area contributed by atoms with Crippen molar-refractivity contribution in [3.8, 4) is 6.07 Å². The van der Waals surface area contributed by atoms with Crippen molar-refractivity contribution in [3.63, 3.8) is 0 Å². The van der Waals surface area contributed by atoms with Crippen LogP contribution in [-0.4, -0.2) is 5.11 Å². The highest BCUT2D eigenvalue weighted by Gasteiger charge is 2.04. The van der Waals surface area contributed by atoms with Crippen LogP contribution in [-0.2, 0) is 0 Å². The lowest BCUT2D eigenvalue weighted by molar-refractivity contribution is 1.50. The lowest BCUT2D eigenvalue weighted by Gasteiger charge is -2.08. The summed E-state index contributed by atoms with van der Waals surface area (Å²) in [4.78, 5) is 0. The van der Waals surface area contributed by atoms with Gasteiger partial charge in [-0.15, -0.1) is 0 Å². The summed E-state index contributed by atoms with van der Waals surface area (Å²) < 4.78 is 0. The van der Waals surface area contributed by atoms with Gasteiger partial charge in [-0.05, 0) is 24.4 Å². The van der Waals surface area contributed by atoms with Crippen LogP contribution in [0.15, 0.2) is 36.4 Å². The Morgan fingerprint density at radius 3 is 2.50 bits per heavy atom. The summed E-state index contributed by atoms with van der Waals surface area (Å²) >= 11 is 4.80. The van der Waals surface area contributed by atoms with E-state index in [1.54, 1.807) is 12.1 Å². The first-order valence-electron chi connectivity index (χ1n) is 4.70. The molecule has 3 N–H and O–H groups in total. The lowest BCUT2D eigenvalue weighted by atomic mass is 10.0. The minimum Gasteiger partial charge on any atom is -0.376 e. The molecule has 0 aliphatic carbocycles. The summed E-state index contributed by atoms with van der Waals surface area (Å²) in [5, 5.41) is 13.9. The van der Waals surface area contributed by atoms with Crippen molar-refractivity contribution in [3.05, 3.63) is 42.0 Å². The van der Waals surface area contributed by atoms with Crippen LogP contribution in [0.5, 0.6) is 0 Å². The van der Waals surface area contributed by atoms with Crippen molar-refractivity contribution in [2.75, 3.05) is 5.32 Å². The second-order valence-corrected chi connectivity index (χ2v) is 3.75. The number of hydrogen-bond donors (Lipinski definition) is 2. The number of hydrogen-bond acceptors (Lipinski definition) is 2. The van der Waals surface area contributed by atoms with Crippen LogP contribution in [0, 0.1) is 11.3 Å². The Labute approximate surface area is 98.5 Å². The molecule has 78 valence electrons. The van der Waals surface area contributed by atoms with Gasteiger partial charge in [0.1, 0.15) is 0 Å². The Balaban J connectivity index is 2.70. The van der Waals surface area contributed by atoms with Crippen LogP contribution in [0.3, 0.4) is 0 Å². The third kappa shape index (κ3) is 1.81. The van der Waals surface area contributed by atoms with Gasteiger partial charge in [0, 0.05) is 16.5 Å². The standard InChI is InChI=1S/C12H9N3S/c13-7-8-5-6-11(15-12(14)16)10-4-2-1-3-9(8)10/h1-6H,(H3,14,15,16). The highest BCUT2D eigenvalue weighted by molar-refractivity contribution is 7.80. The van der Waals surface area contributed by atoms with Gasteiger partial charge in [0.25, 0.3) is 0 Å². The molecule has 0 amide bonds. The maximum absolute atomic E-state index is 8.99. The van der Waals surface area contributed by atoms with E-state index >= 15 is 0 Å². The van der Waals surface area contributed by atoms with E-state index in [2.05, 4.69) is 11.4 Å². The summed E-state index contributed by atoms with van der Waals surface area (Å²) in [5.74, 6) is 0. The van der Waals surface area contributed by atoms with E-state index in [1.807, 2.05) is 24.3 Å². The van der Waals surface area contributed by atoms with Crippen LogP contribution < -0.4 is 11.1 Å². The molecule has 2 aromatic rings. The molecule has 0 radical (unpaired) electrons. The SMILES string of the molecule is N#Cc1ccc(NC(N)=S)c2ccccc12. The highest BCUT2D eigenvalue weighted by Crippen LogP contribution is 2.26. The molecule has 2 aromatic carbocycles. The Kier molecular flexibility index (Phi) is 2.71. The predicted molar refractivity (Wildman–Crippen MR) is 69.1 cm³/mol. The van der Waals surface area contributed by atoms with Crippen molar-refractivity contribution in [2.45, 2.75) is 0 Å². The summed E-state index contributed by atoms with van der Waals surface area (Å²) in [6.07, 6.45) is 0. The fourth-order valence-electron chi connectivity index (χ4n) is 1.64. The molecule has 0 aromatic heterocycles. The van der Waals surface area contributed by atoms with Crippen LogP contribution in [0.1, 0.15) is 5.56 Å². The molecule has 0 aliphatic heterocycles. The number of fused-ring (bicyclic) bond motifs is 1. The van der Waals surface area contributed by atoms with Gasteiger partial charge < -0.3 is 11.1 Å². The zero-order valence-corrected chi connectivity index (χ0v) is 9.21. The van der Waals surface area contributed by atoms with Gasteiger partial charge >= 0.3 is 0 Å². The molecule has 0 fully saturated rings. The molecule has 3 nitrogen and oxygen atoms in total. The average Bonchev–Trinajstić information content (AvgIpc) is 2.29. The number of nitrogens with two attached hydrogens (primary N) is 1. The number of rotatable bonds is 1. The summed E-state index contributed by atoms with van der Waals surface area (Å²) in [6, 6.07) is 13.4. The van der Waals surface area contributed by atoms with Crippen molar-refractivity contribution < 1.29 is 0 Å². The minimum atomic E-state index is 0.217. The number of thiocarbonyl (C=S) groups is 1. The quantitative estimate of drug-likeness (QED) is 0.734. The first kappa shape index (κ1) is 10.4. The molecule has 0 spiro atoms. The van der Waals surface area contributed by atoms with E-state index in [1.165, 1.54) is 0 Å². The van der Waals surface area contributed by atoms with Gasteiger partial charge in [0.15, 0.2) is 5.11 Å². The maximum atomic E-state index is 8.99. The van der Waals surface area contributed by atoms with E-state index in [0.29, 0.717) is 5.56 Å². The minimum absolute atomic E-state index is 0.217. The largest absolute Gasteiger partial charge is 0.376 e. The number of anilines is 1. The van der Waals surface area contributed by atoms with E-state index in [9.17, 15) is 0 Å². The molecule has 0 unspecified atom stereocenters. The zero-order chi connectivity index (χ0) is 11.5.